The van der Waals surface area contributed by atoms with Crippen LogP contribution < -0.4 is 0 Å². The Bertz CT molecular complexity index is 729. The lowest BCUT2D eigenvalue weighted by atomic mass is 9.82. The summed E-state index contributed by atoms with van der Waals surface area (Å²) < 4.78 is 33.8. The summed E-state index contributed by atoms with van der Waals surface area (Å²) in [6.45, 7) is 1.74. The van der Waals surface area contributed by atoms with E-state index in [0.717, 1.165) is 23.2 Å². The summed E-state index contributed by atoms with van der Waals surface area (Å²) in [5.74, 6) is -1.69. The fraction of sp³-hybridized carbons (Fsp3) is 0.333. The van der Waals surface area contributed by atoms with E-state index in [4.69, 9.17) is 4.74 Å². The molecular formula is C15H13F2N3O2. The van der Waals surface area contributed by atoms with Gasteiger partial charge in [-0.1, -0.05) is 6.07 Å². The number of halogens is 2. The summed E-state index contributed by atoms with van der Waals surface area (Å²) in [6, 6.07) is 5.05. The second kappa shape index (κ2) is 4.61. The van der Waals surface area contributed by atoms with Crippen LogP contribution in [0.2, 0.25) is 0 Å². The van der Waals surface area contributed by atoms with E-state index in [1.165, 1.54) is 18.3 Å². The van der Waals surface area contributed by atoms with Crippen molar-refractivity contribution in [1.82, 2.24) is 14.7 Å². The Morgan fingerprint density at radius 1 is 1.23 bits per heavy atom. The first-order chi connectivity index (χ1) is 10.6. The van der Waals surface area contributed by atoms with Crippen molar-refractivity contribution in [2.45, 2.75) is 12.0 Å². The van der Waals surface area contributed by atoms with E-state index in [2.05, 4.69) is 5.10 Å². The fourth-order valence-corrected chi connectivity index (χ4v) is 2.90. The van der Waals surface area contributed by atoms with Gasteiger partial charge in [-0.2, -0.15) is 5.10 Å². The monoisotopic (exact) mass is 305 g/mol. The topological polar surface area (TPSA) is 47.4 Å². The Hall–Kier alpha value is -2.28. The quantitative estimate of drug-likeness (QED) is 0.849. The number of ether oxygens (including phenoxy) is 1. The second-order valence-corrected chi connectivity index (χ2v) is 5.64. The van der Waals surface area contributed by atoms with E-state index in [1.54, 1.807) is 4.90 Å². The van der Waals surface area contributed by atoms with E-state index in [-0.39, 0.29) is 22.8 Å². The predicted molar refractivity (Wildman–Crippen MR) is 72.7 cm³/mol. The molecule has 2 saturated heterocycles. The van der Waals surface area contributed by atoms with Crippen LogP contribution in [0.3, 0.4) is 0 Å². The standard InChI is InChI=1S/C15H13F2N3O2/c16-10-2-1-3-11(17)13(10)20-6-4-12(18-20)14(21)19-7-5-15(19)8-22-9-15/h1-4,6H,5,7-9H2. The number of likely N-dealkylation sites (tertiary alicyclic amines) is 1. The molecule has 1 spiro atoms. The molecule has 2 aliphatic heterocycles. The van der Waals surface area contributed by atoms with Gasteiger partial charge in [-0.15, -0.1) is 0 Å². The molecule has 2 aromatic rings. The molecule has 0 bridgehead atoms. The van der Waals surface area contributed by atoms with Crippen LogP contribution in [0.5, 0.6) is 0 Å². The molecule has 7 heteroatoms. The average molecular weight is 305 g/mol. The first kappa shape index (κ1) is 13.4. The van der Waals surface area contributed by atoms with Crippen LogP contribution >= 0.6 is 0 Å². The Morgan fingerprint density at radius 3 is 2.50 bits per heavy atom. The Morgan fingerprint density at radius 2 is 1.95 bits per heavy atom. The van der Waals surface area contributed by atoms with E-state index in [9.17, 15) is 13.6 Å². The lowest BCUT2D eigenvalue weighted by Crippen LogP contribution is -2.72. The van der Waals surface area contributed by atoms with Crippen LogP contribution in [0.25, 0.3) is 5.69 Å². The van der Waals surface area contributed by atoms with Gasteiger partial charge in [0.15, 0.2) is 17.3 Å². The highest BCUT2D eigenvalue weighted by Gasteiger charge is 2.53. The number of carbonyl (C=O) groups is 1. The fourth-order valence-electron chi connectivity index (χ4n) is 2.90. The minimum Gasteiger partial charge on any atom is -0.376 e. The molecule has 5 nitrogen and oxygen atoms in total. The zero-order valence-corrected chi connectivity index (χ0v) is 11.6. The molecular weight excluding hydrogens is 292 g/mol. The van der Waals surface area contributed by atoms with Crippen molar-refractivity contribution < 1.29 is 18.3 Å². The molecule has 0 saturated carbocycles. The predicted octanol–water partition coefficient (Wildman–Crippen LogP) is 1.77. The zero-order chi connectivity index (χ0) is 15.3. The molecule has 1 aromatic heterocycles. The molecule has 0 atom stereocenters. The maximum Gasteiger partial charge on any atom is 0.274 e. The smallest absolute Gasteiger partial charge is 0.274 e. The summed E-state index contributed by atoms with van der Waals surface area (Å²) in [5, 5.41) is 4.03. The molecule has 4 rings (SSSR count). The van der Waals surface area contributed by atoms with Crippen molar-refractivity contribution in [3.05, 3.63) is 47.8 Å². The first-order valence-electron chi connectivity index (χ1n) is 7.00. The highest BCUT2D eigenvalue weighted by atomic mass is 19.1. The molecule has 1 aromatic carbocycles. The van der Waals surface area contributed by atoms with Gasteiger partial charge in [0.05, 0.1) is 18.8 Å². The normalized spacial score (nSPS) is 18.9. The molecule has 2 aliphatic rings. The van der Waals surface area contributed by atoms with E-state index >= 15 is 0 Å². The van der Waals surface area contributed by atoms with Crippen molar-refractivity contribution in [1.29, 1.82) is 0 Å². The van der Waals surface area contributed by atoms with Gasteiger partial charge in [-0.3, -0.25) is 4.79 Å². The number of hydrogen-bond acceptors (Lipinski definition) is 3. The van der Waals surface area contributed by atoms with Crippen molar-refractivity contribution in [2.24, 2.45) is 0 Å². The number of rotatable bonds is 2. The van der Waals surface area contributed by atoms with E-state index in [0.29, 0.717) is 19.8 Å². The number of amides is 1. The minimum atomic E-state index is -0.727. The van der Waals surface area contributed by atoms with Crippen molar-refractivity contribution in [2.75, 3.05) is 19.8 Å². The van der Waals surface area contributed by atoms with Crippen molar-refractivity contribution >= 4 is 5.91 Å². The van der Waals surface area contributed by atoms with Crippen LogP contribution in [-0.4, -0.2) is 45.9 Å². The zero-order valence-electron chi connectivity index (χ0n) is 11.6. The van der Waals surface area contributed by atoms with Gasteiger partial charge in [-0.05, 0) is 24.6 Å². The number of para-hydroxylation sites is 1. The summed E-state index contributed by atoms with van der Waals surface area (Å²) in [7, 11) is 0. The Kier molecular flexibility index (Phi) is 2.80. The third-order valence-electron chi connectivity index (χ3n) is 4.33. The van der Waals surface area contributed by atoms with Gasteiger partial charge < -0.3 is 9.64 Å². The first-order valence-corrected chi connectivity index (χ1v) is 7.00. The van der Waals surface area contributed by atoms with Crippen LogP contribution in [-0.2, 0) is 4.74 Å². The Labute approximate surface area is 125 Å². The lowest BCUT2D eigenvalue weighted by molar-refractivity contribution is -0.172. The van der Waals surface area contributed by atoms with Crippen LogP contribution in [0.4, 0.5) is 8.78 Å². The molecule has 0 aliphatic carbocycles. The molecule has 114 valence electrons. The summed E-state index contributed by atoms with van der Waals surface area (Å²) >= 11 is 0. The van der Waals surface area contributed by atoms with Gasteiger partial charge in [0.2, 0.25) is 0 Å². The van der Waals surface area contributed by atoms with Gasteiger partial charge in [0.1, 0.15) is 5.69 Å². The van der Waals surface area contributed by atoms with Crippen LogP contribution in [0.15, 0.2) is 30.5 Å². The summed E-state index contributed by atoms with van der Waals surface area (Å²) in [6.07, 6.45) is 2.31. The minimum absolute atomic E-state index is 0.175. The molecule has 1 amide bonds. The number of nitrogens with zero attached hydrogens (tertiary/aromatic N) is 3. The summed E-state index contributed by atoms with van der Waals surface area (Å²) in [5.41, 5.74) is -0.301. The highest BCUT2D eigenvalue weighted by molar-refractivity contribution is 5.93. The van der Waals surface area contributed by atoms with Gasteiger partial charge in [-0.25, -0.2) is 13.5 Å². The molecule has 0 unspecified atom stereocenters. The van der Waals surface area contributed by atoms with Crippen LogP contribution in [0, 0.1) is 11.6 Å². The number of carbonyl (C=O) groups excluding carboxylic acids is 1. The molecule has 2 fully saturated rings. The van der Waals surface area contributed by atoms with Gasteiger partial charge in [0, 0.05) is 12.7 Å². The summed E-state index contributed by atoms with van der Waals surface area (Å²) in [4.78, 5) is 14.2. The Balaban J connectivity index is 1.63. The SMILES string of the molecule is O=C(c1ccn(-c2c(F)cccc2F)n1)N1CCC12COC2. The van der Waals surface area contributed by atoms with E-state index in [1.807, 2.05) is 0 Å². The van der Waals surface area contributed by atoms with Gasteiger partial charge in [0.25, 0.3) is 5.91 Å². The highest BCUT2D eigenvalue weighted by Crippen LogP contribution is 2.38. The van der Waals surface area contributed by atoms with Crippen molar-refractivity contribution in [3.63, 3.8) is 0 Å². The molecule has 0 N–H and O–H groups in total. The molecule has 0 radical (unpaired) electrons. The number of aromatic nitrogens is 2. The third kappa shape index (κ3) is 1.78. The number of hydrogen-bond donors (Lipinski definition) is 0. The second-order valence-electron chi connectivity index (χ2n) is 5.64. The third-order valence-corrected chi connectivity index (χ3v) is 4.33. The molecule has 22 heavy (non-hydrogen) atoms. The lowest BCUT2D eigenvalue weighted by Gasteiger charge is -2.57. The van der Waals surface area contributed by atoms with E-state index < -0.39 is 11.6 Å². The average Bonchev–Trinajstić information content (AvgIpc) is 2.85. The van der Waals surface area contributed by atoms with Crippen molar-refractivity contribution in [3.8, 4) is 5.69 Å². The number of benzene rings is 1. The molecule has 3 heterocycles. The van der Waals surface area contributed by atoms with Gasteiger partial charge >= 0.3 is 0 Å². The maximum absolute atomic E-state index is 13.8. The largest absolute Gasteiger partial charge is 0.376 e. The van der Waals surface area contributed by atoms with Crippen LogP contribution in [0.1, 0.15) is 16.9 Å². The maximum atomic E-state index is 13.8.